The van der Waals surface area contributed by atoms with Crippen molar-refractivity contribution >= 4 is 11.7 Å². The van der Waals surface area contributed by atoms with Crippen LogP contribution in [0.5, 0.6) is 0 Å². The van der Waals surface area contributed by atoms with Gasteiger partial charge in [-0.25, -0.2) is 0 Å². The van der Waals surface area contributed by atoms with Gasteiger partial charge in [0.1, 0.15) is 5.41 Å². The fourth-order valence-electron chi connectivity index (χ4n) is 2.52. The van der Waals surface area contributed by atoms with E-state index in [-0.39, 0.29) is 23.9 Å². The fraction of sp³-hybridized carbons (Fsp3) is 0.818. The molecule has 0 aromatic rings. The smallest absolute Gasteiger partial charge is 0.236 e. The molecule has 0 aromatic heterocycles. The van der Waals surface area contributed by atoms with Crippen LogP contribution in [0.2, 0.25) is 0 Å². The highest BCUT2D eigenvalue weighted by Crippen LogP contribution is 2.47. The zero-order valence-corrected chi connectivity index (χ0v) is 10.2. The van der Waals surface area contributed by atoms with Crippen molar-refractivity contribution in [2.24, 2.45) is 16.3 Å². The first-order valence-corrected chi connectivity index (χ1v) is 5.90. The number of hydrogen-bond donors (Lipinski definition) is 2. The van der Waals surface area contributed by atoms with Crippen molar-refractivity contribution in [1.82, 2.24) is 4.90 Å². The Hall–Kier alpha value is -1.30. The first kappa shape index (κ1) is 12.2. The number of nitrogens with zero attached hydrogens (tertiary/aromatic N) is 2. The number of amides is 1. The number of rotatable bonds is 3. The number of ether oxygens (including phenoxy) is 1. The molecule has 6 heteroatoms. The van der Waals surface area contributed by atoms with Gasteiger partial charge in [0.15, 0.2) is 5.84 Å². The number of oxime groups is 1. The van der Waals surface area contributed by atoms with E-state index in [2.05, 4.69) is 5.16 Å². The summed E-state index contributed by atoms with van der Waals surface area (Å²) in [4.78, 5) is 14.1. The zero-order valence-electron chi connectivity index (χ0n) is 10.2. The molecule has 1 amide bonds. The normalized spacial score (nSPS) is 31.3. The summed E-state index contributed by atoms with van der Waals surface area (Å²) >= 11 is 0. The number of likely N-dealkylation sites (N-methyl/N-ethyl adjacent to an activating group) is 1. The van der Waals surface area contributed by atoms with Gasteiger partial charge >= 0.3 is 0 Å². The Balaban J connectivity index is 2.10. The van der Waals surface area contributed by atoms with Gasteiger partial charge in [-0.05, 0) is 26.2 Å². The molecule has 17 heavy (non-hydrogen) atoms. The molecule has 2 fully saturated rings. The van der Waals surface area contributed by atoms with Crippen LogP contribution in [0.1, 0.15) is 26.2 Å². The van der Waals surface area contributed by atoms with E-state index in [0.29, 0.717) is 19.4 Å². The average Bonchev–Trinajstić information content (AvgIpc) is 3.04. The fourth-order valence-corrected chi connectivity index (χ4v) is 2.52. The molecule has 2 atom stereocenters. The topological polar surface area (TPSA) is 88.2 Å². The summed E-state index contributed by atoms with van der Waals surface area (Å²) in [6, 6.07) is 0.0893. The minimum atomic E-state index is -0.758. The van der Waals surface area contributed by atoms with Gasteiger partial charge in [0, 0.05) is 13.7 Å². The number of carbonyl (C=O) groups is 1. The molecule has 0 bridgehead atoms. The van der Waals surface area contributed by atoms with Gasteiger partial charge in [-0.2, -0.15) is 0 Å². The lowest BCUT2D eigenvalue weighted by Crippen LogP contribution is -2.48. The van der Waals surface area contributed by atoms with Crippen LogP contribution in [0, 0.1) is 5.41 Å². The van der Waals surface area contributed by atoms with E-state index in [1.54, 1.807) is 11.9 Å². The second-order valence-corrected chi connectivity index (χ2v) is 4.92. The van der Waals surface area contributed by atoms with Gasteiger partial charge in [-0.3, -0.25) is 4.79 Å². The molecule has 2 rings (SSSR count). The molecule has 96 valence electrons. The molecule has 1 aliphatic heterocycles. The lowest BCUT2D eigenvalue weighted by molar-refractivity contribution is -0.136. The third-order valence-electron chi connectivity index (χ3n) is 3.91. The number of hydrogen-bond acceptors (Lipinski definition) is 4. The number of carbonyl (C=O) groups excluding carboxylic acids is 1. The van der Waals surface area contributed by atoms with Crippen molar-refractivity contribution in [3.8, 4) is 0 Å². The van der Waals surface area contributed by atoms with Crippen LogP contribution in [0.25, 0.3) is 0 Å². The minimum absolute atomic E-state index is 0.0286. The van der Waals surface area contributed by atoms with Crippen LogP contribution in [0.4, 0.5) is 0 Å². The maximum atomic E-state index is 12.4. The molecule has 1 heterocycles. The van der Waals surface area contributed by atoms with E-state index in [0.717, 1.165) is 6.42 Å². The summed E-state index contributed by atoms with van der Waals surface area (Å²) in [5.74, 6) is -0.0314. The summed E-state index contributed by atoms with van der Waals surface area (Å²) in [6.45, 7) is 2.64. The van der Waals surface area contributed by atoms with Crippen molar-refractivity contribution < 1.29 is 14.7 Å². The third-order valence-corrected chi connectivity index (χ3v) is 3.91. The molecule has 2 unspecified atom stereocenters. The van der Waals surface area contributed by atoms with Crippen molar-refractivity contribution in [2.45, 2.75) is 38.3 Å². The Morgan fingerprint density at radius 2 is 2.24 bits per heavy atom. The highest BCUT2D eigenvalue weighted by molar-refractivity contribution is 6.09. The highest BCUT2D eigenvalue weighted by Gasteiger charge is 2.56. The van der Waals surface area contributed by atoms with Gasteiger partial charge in [0.05, 0.1) is 12.1 Å². The van der Waals surface area contributed by atoms with Crippen LogP contribution in [0.3, 0.4) is 0 Å². The molecule has 6 nitrogen and oxygen atoms in total. The Morgan fingerprint density at radius 1 is 1.59 bits per heavy atom. The summed E-state index contributed by atoms with van der Waals surface area (Å²) in [6.07, 6.45) is 2.21. The SMILES string of the molecule is CC1OCCC1N(C)C(=O)C1(C(N)=NO)CC1. The first-order valence-electron chi connectivity index (χ1n) is 5.90. The summed E-state index contributed by atoms with van der Waals surface area (Å²) in [5.41, 5.74) is 4.85. The van der Waals surface area contributed by atoms with Crippen LogP contribution < -0.4 is 5.73 Å². The Morgan fingerprint density at radius 3 is 2.65 bits per heavy atom. The van der Waals surface area contributed by atoms with Crippen molar-refractivity contribution in [3.63, 3.8) is 0 Å². The molecular weight excluding hydrogens is 222 g/mol. The predicted molar refractivity (Wildman–Crippen MR) is 61.7 cm³/mol. The molecule has 0 spiro atoms. The Labute approximate surface area is 100 Å². The highest BCUT2D eigenvalue weighted by atomic mass is 16.5. The largest absolute Gasteiger partial charge is 0.409 e. The molecule has 1 saturated carbocycles. The lowest BCUT2D eigenvalue weighted by Gasteiger charge is -2.30. The van der Waals surface area contributed by atoms with E-state index in [1.165, 1.54) is 0 Å². The van der Waals surface area contributed by atoms with Crippen LogP contribution in [0.15, 0.2) is 5.16 Å². The van der Waals surface area contributed by atoms with Crippen LogP contribution in [-0.2, 0) is 9.53 Å². The first-order chi connectivity index (χ1) is 8.03. The third kappa shape index (κ3) is 1.86. The molecule has 0 radical (unpaired) electrons. The molecule has 0 aromatic carbocycles. The number of amidine groups is 1. The molecule has 3 N–H and O–H groups in total. The van der Waals surface area contributed by atoms with Gasteiger partial charge < -0.3 is 20.6 Å². The monoisotopic (exact) mass is 241 g/mol. The standard InChI is InChI=1S/C11H19N3O3/c1-7-8(3-6-17-7)14(2)10(15)11(4-5-11)9(12)13-16/h7-8,16H,3-6H2,1-2H3,(H2,12,13). The second kappa shape index (κ2) is 4.18. The van der Waals surface area contributed by atoms with Crippen LogP contribution >= 0.6 is 0 Å². The van der Waals surface area contributed by atoms with E-state index in [4.69, 9.17) is 15.7 Å². The van der Waals surface area contributed by atoms with Crippen molar-refractivity contribution in [2.75, 3.05) is 13.7 Å². The maximum Gasteiger partial charge on any atom is 0.236 e. The van der Waals surface area contributed by atoms with Gasteiger partial charge in [0.2, 0.25) is 5.91 Å². The van der Waals surface area contributed by atoms with E-state index < -0.39 is 5.41 Å². The maximum absolute atomic E-state index is 12.4. The summed E-state index contributed by atoms with van der Waals surface area (Å²) in [5, 5.41) is 11.7. The predicted octanol–water partition coefficient (Wildman–Crippen LogP) is 0.149. The summed E-state index contributed by atoms with van der Waals surface area (Å²) < 4.78 is 5.45. The van der Waals surface area contributed by atoms with E-state index in [9.17, 15) is 4.79 Å². The minimum Gasteiger partial charge on any atom is -0.409 e. The molecule has 2 aliphatic rings. The Bertz CT molecular complexity index is 352. The van der Waals surface area contributed by atoms with E-state index >= 15 is 0 Å². The second-order valence-electron chi connectivity index (χ2n) is 4.92. The quantitative estimate of drug-likeness (QED) is 0.318. The van der Waals surface area contributed by atoms with E-state index in [1.807, 2.05) is 6.92 Å². The average molecular weight is 241 g/mol. The van der Waals surface area contributed by atoms with Crippen LogP contribution in [-0.4, -0.2) is 47.7 Å². The lowest BCUT2D eigenvalue weighted by atomic mass is 10.0. The van der Waals surface area contributed by atoms with Gasteiger partial charge in [0.25, 0.3) is 0 Å². The molecule has 1 aliphatic carbocycles. The zero-order chi connectivity index (χ0) is 12.6. The van der Waals surface area contributed by atoms with Gasteiger partial charge in [-0.1, -0.05) is 5.16 Å². The Kier molecular flexibility index (Phi) is 2.99. The van der Waals surface area contributed by atoms with Crippen molar-refractivity contribution in [3.05, 3.63) is 0 Å². The molecule has 1 saturated heterocycles. The van der Waals surface area contributed by atoms with Crippen molar-refractivity contribution in [1.29, 1.82) is 0 Å². The number of nitrogens with two attached hydrogens (primary N) is 1. The molecular formula is C11H19N3O3. The van der Waals surface area contributed by atoms with Gasteiger partial charge in [-0.15, -0.1) is 0 Å². The summed E-state index contributed by atoms with van der Waals surface area (Å²) in [7, 11) is 1.77.